The second-order valence-electron chi connectivity index (χ2n) is 4.75. The number of amides is 1. The van der Waals surface area contributed by atoms with Gasteiger partial charge in [0.15, 0.2) is 0 Å². The van der Waals surface area contributed by atoms with Crippen molar-refractivity contribution >= 4 is 33.5 Å². The second kappa shape index (κ2) is 6.48. The van der Waals surface area contributed by atoms with E-state index in [2.05, 4.69) is 20.5 Å². The van der Waals surface area contributed by atoms with E-state index in [0.717, 1.165) is 21.0 Å². The van der Waals surface area contributed by atoms with E-state index >= 15 is 0 Å². The zero-order chi connectivity index (χ0) is 15.4. The standard InChI is InChI=1S/C15H15N5OS/c1-20-10-17-19-13(20)8-9-16-14(21)6-7-15-18-11-4-2-3-5-12(11)22-15/h2-7,10H,8-9H2,1H3,(H,16,21). The molecule has 3 aromatic rings. The fourth-order valence-electron chi connectivity index (χ4n) is 2.00. The Hall–Kier alpha value is -2.54. The van der Waals surface area contributed by atoms with Crippen molar-refractivity contribution in [3.8, 4) is 0 Å². The van der Waals surface area contributed by atoms with Crippen LogP contribution in [0.3, 0.4) is 0 Å². The summed E-state index contributed by atoms with van der Waals surface area (Å²) < 4.78 is 2.95. The minimum atomic E-state index is -0.138. The molecule has 0 saturated carbocycles. The summed E-state index contributed by atoms with van der Waals surface area (Å²) in [6.45, 7) is 0.523. The molecule has 3 rings (SSSR count). The molecule has 0 saturated heterocycles. The molecule has 0 unspecified atom stereocenters. The first-order valence-electron chi connectivity index (χ1n) is 6.87. The van der Waals surface area contributed by atoms with Crippen LogP contribution < -0.4 is 5.32 Å². The van der Waals surface area contributed by atoms with Gasteiger partial charge in [-0.25, -0.2) is 4.98 Å². The molecule has 0 aliphatic heterocycles. The molecule has 2 aromatic heterocycles. The highest BCUT2D eigenvalue weighted by atomic mass is 32.1. The zero-order valence-corrected chi connectivity index (χ0v) is 12.9. The Morgan fingerprint density at radius 2 is 2.27 bits per heavy atom. The highest BCUT2D eigenvalue weighted by Crippen LogP contribution is 2.22. The highest BCUT2D eigenvalue weighted by molar-refractivity contribution is 7.19. The van der Waals surface area contributed by atoms with Crippen LogP contribution in [-0.2, 0) is 18.3 Å². The van der Waals surface area contributed by atoms with Crippen molar-refractivity contribution in [2.24, 2.45) is 7.05 Å². The van der Waals surface area contributed by atoms with Gasteiger partial charge in [0.2, 0.25) is 5.91 Å². The quantitative estimate of drug-likeness (QED) is 0.729. The van der Waals surface area contributed by atoms with Gasteiger partial charge < -0.3 is 9.88 Å². The number of hydrogen-bond acceptors (Lipinski definition) is 5. The summed E-state index contributed by atoms with van der Waals surface area (Å²) >= 11 is 1.56. The Labute approximate surface area is 131 Å². The molecule has 1 aromatic carbocycles. The average Bonchev–Trinajstić information content (AvgIpc) is 3.11. The molecule has 0 spiro atoms. The Balaban J connectivity index is 1.53. The minimum absolute atomic E-state index is 0.138. The van der Waals surface area contributed by atoms with Gasteiger partial charge >= 0.3 is 0 Å². The predicted molar refractivity (Wildman–Crippen MR) is 86.4 cm³/mol. The first kappa shape index (κ1) is 14.4. The number of rotatable bonds is 5. The maximum Gasteiger partial charge on any atom is 0.244 e. The van der Waals surface area contributed by atoms with E-state index in [-0.39, 0.29) is 5.91 Å². The molecule has 7 heteroatoms. The van der Waals surface area contributed by atoms with E-state index in [9.17, 15) is 4.79 Å². The number of nitrogens with zero attached hydrogens (tertiary/aromatic N) is 4. The summed E-state index contributed by atoms with van der Waals surface area (Å²) in [5.41, 5.74) is 0.954. The molecule has 1 N–H and O–H groups in total. The fraction of sp³-hybridized carbons (Fsp3) is 0.200. The van der Waals surface area contributed by atoms with Crippen LogP contribution in [-0.4, -0.2) is 32.2 Å². The Morgan fingerprint density at radius 3 is 3.05 bits per heavy atom. The van der Waals surface area contributed by atoms with Gasteiger partial charge in [-0.15, -0.1) is 21.5 Å². The Morgan fingerprint density at radius 1 is 1.41 bits per heavy atom. The largest absolute Gasteiger partial charge is 0.352 e. The maximum atomic E-state index is 11.8. The number of para-hydroxylation sites is 1. The van der Waals surface area contributed by atoms with Gasteiger partial charge in [-0.2, -0.15) is 0 Å². The molecule has 6 nitrogen and oxygen atoms in total. The van der Waals surface area contributed by atoms with Gasteiger partial charge in [-0.1, -0.05) is 12.1 Å². The fourth-order valence-corrected chi connectivity index (χ4v) is 2.87. The lowest BCUT2D eigenvalue weighted by molar-refractivity contribution is -0.116. The van der Waals surface area contributed by atoms with E-state index in [1.807, 2.05) is 35.9 Å². The molecule has 0 aliphatic carbocycles. The smallest absolute Gasteiger partial charge is 0.244 e. The van der Waals surface area contributed by atoms with Gasteiger partial charge in [-0.3, -0.25) is 4.79 Å². The average molecular weight is 313 g/mol. The monoisotopic (exact) mass is 313 g/mol. The normalized spacial score (nSPS) is 11.3. The van der Waals surface area contributed by atoms with E-state index in [4.69, 9.17) is 0 Å². The predicted octanol–water partition coefficient (Wildman–Crippen LogP) is 1.80. The first-order chi connectivity index (χ1) is 10.7. The van der Waals surface area contributed by atoms with Crippen molar-refractivity contribution in [1.29, 1.82) is 0 Å². The first-order valence-corrected chi connectivity index (χ1v) is 7.68. The van der Waals surface area contributed by atoms with E-state index < -0.39 is 0 Å². The highest BCUT2D eigenvalue weighted by Gasteiger charge is 2.03. The number of hydrogen-bond donors (Lipinski definition) is 1. The number of aromatic nitrogens is 4. The number of aryl methyl sites for hydroxylation is 1. The molecule has 112 valence electrons. The molecular weight excluding hydrogens is 298 g/mol. The number of fused-ring (bicyclic) bond motifs is 1. The number of thiazole rings is 1. The molecule has 1 amide bonds. The summed E-state index contributed by atoms with van der Waals surface area (Å²) in [5, 5.41) is 11.4. The third-order valence-corrected chi connectivity index (χ3v) is 4.14. The van der Waals surface area contributed by atoms with Crippen LogP contribution in [0.1, 0.15) is 10.8 Å². The zero-order valence-electron chi connectivity index (χ0n) is 12.1. The third-order valence-electron chi connectivity index (χ3n) is 3.14. The molecule has 0 radical (unpaired) electrons. The van der Waals surface area contributed by atoms with Crippen molar-refractivity contribution in [1.82, 2.24) is 25.1 Å². The summed E-state index contributed by atoms with van der Waals surface area (Å²) in [5.74, 6) is 0.705. The van der Waals surface area contributed by atoms with Crippen molar-refractivity contribution in [2.45, 2.75) is 6.42 Å². The topological polar surface area (TPSA) is 72.7 Å². The maximum absolute atomic E-state index is 11.8. The van der Waals surface area contributed by atoms with Crippen LogP contribution in [0.5, 0.6) is 0 Å². The molecule has 2 heterocycles. The van der Waals surface area contributed by atoms with Crippen LogP contribution >= 0.6 is 11.3 Å². The SMILES string of the molecule is Cn1cnnc1CCNC(=O)C=Cc1nc2ccccc2s1. The van der Waals surface area contributed by atoms with Crippen molar-refractivity contribution < 1.29 is 4.79 Å². The number of carbonyl (C=O) groups is 1. The number of nitrogens with one attached hydrogen (secondary N) is 1. The van der Waals surface area contributed by atoms with Gasteiger partial charge in [0.05, 0.1) is 10.2 Å². The summed E-state index contributed by atoms with van der Waals surface area (Å²) in [4.78, 5) is 16.2. The second-order valence-corrected chi connectivity index (χ2v) is 5.81. The van der Waals surface area contributed by atoms with Gasteiger partial charge in [0, 0.05) is 26.1 Å². The van der Waals surface area contributed by atoms with Gasteiger partial charge in [0.1, 0.15) is 17.2 Å². The molecule has 0 atom stereocenters. The number of benzene rings is 1. The summed E-state index contributed by atoms with van der Waals surface area (Å²) in [6, 6.07) is 7.91. The molecule has 0 aliphatic rings. The summed E-state index contributed by atoms with van der Waals surface area (Å²) in [6.07, 6.45) is 5.54. The van der Waals surface area contributed by atoms with Crippen LogP contribution in [0.15, 0.2) is 36.7 Å². The lowest BCUT2D eigenvalue weighted by Gasteiger charge is -2.01. The van der Waals surface area contributed by atoms with Gasteiger partial charge in [0.25, 0.3) is 0 Å². The third kappa shape index (κ3) is 3.37. The minimum Gasteiger partial charge on any atom is -0.352 e. The molecule has 0 bridgehead atoms. The lowest BCUT2D eigenvalue weighted by atomic mass is 10.3. The van der Waals surface area contributed by atoms with Crippen LogP contribution in [0.25, 0.3) is 16.3 Å². The van der Waals surface area contributed by atoms with E-state index in [0.29, 0.717) is 13.0 Å². The summed E-state index contributed by atoms with van der Waals surface area (Å²) in [7, 11) is 1.88. The van der Waals surface area contributed by atoms with Crippen LogP contribution in [0.2, 0.25) is 0 Å². The molecular formula is C15H15N5OS. The van der Waals surface area contributed by atoms with Crippen LogP contribution in [0, 0.1) is 0 Å². The Kier molecular flexibility index (Phi) is 4.24. The molecule has 0 fully saturated rings. The van der Waals surface area contributed by atoms with Crippen molar-refractivity contribution in [3.63, 3.8) is 0 Å². The van der Waals surface area contributed by atoms with Crippen LogP contribution in [0.4, 0.5) is 0 Å². The number of carbonyl (C=O) groups excluding carboxylic acids is 1. The van der Waals surface area contributed by atoms with E-state index in [1.165, 1.54) is 6.08 Å². The Bertz CT molecular complexity index is 787. The van der Waals surface area contributed by atoms with Crippen molar-refractivity contribution in [2.75, 3.05) is 6.54 Å². The van der Waals surface area contributed by atoms with Gasteiger partial charge in [-0.05, 0) is 18.2 Å². The molecule has 22 heavy (non-hydrogen) atoms. The van der Waals surface area contributed by atoms with E-state index in [1.54, 1.807) is 23.7 Å². The lowest BCUT2D eigenvalue weighted by Crippen LogP contribution is -2.24. The van der Waals surface area contributed by atoms with Crippen molar-refractivity contribution in [3.05, 3.63) is 47.5 Å².